The average molecular weight is 638 g/mol. The topological polar surface area (TPSA) is 117 Å². The zero-order chi connectivity index (χ0) is 32.0. The second kappa shape index (κ2) is 15.0. The van der Waals surface area contributed by atoms with Gasteiger partial charge < -0.3 is 25.8 Å². The fraction of sp³-hybridized carbons (Fsp3) is 0.583. The molecule has 2 aromatic carbocycles. The SMILES string of the molecule is CC(C)(c1cccc(Cl)c1)C(OC(=O)NC(CC1CCCCC1)C(=O)NC(CO)CC1CCNC1=O)c1ccc2c(c1)CCC2. The summed E-state index contributed by atoms with van der Waals surface area (Å²) in [6.45, 7) is 4.40. The number of aryl methyl sites for hydroxylation is 2. The van der Waals surface area contributed by atoms with Crippen LogP contribution in [-0.2, 0) is 32.6 Å². The number of rotatable bonds is 12. The Morgan fingerprint density at radius 1 is 1.00 bits per heavy atom. The van der Waals surface area contributed by atoms with Gasteiger partial charge >= 0.3 is 6.09 Å². The smallest absolute Gasteiger partial charge is 0.408 e. The molecule has 0 spiro atoms. The van der Waals surface area contributed by atoms with Crippen LogP contribution in [0.5, 0.6) is 0 Å². The van der Waals surface area contributed by atoms with Gasteiger partial charge in [0.15, 0.2) is 0 Å². The lowest BCUT2D eigenvalue weighted by Crippen LogP contribution is -2.52. The van der Waals surface area contributed by atoms with Gasteiger partial charge in [-0.05, 0) is 78.8 Å². The van der Waals surface area contributed by atoms with Gasteiger partial charge in [0.1, 0.15) is 12.1 Å². The predicted molar refractivity (Wildman–Crippen MR) is 175 cm³/mol. The molecule has 4 unspecified atom stereocenters. The van der Waals surface area contributed by atoms with E-state index in [0.717, 1.165) is 56.1 Å². The van der Waals surface area contributed by atoms with Crippen LogP contribution in [0.4, 0.5) is 4.79 Å². The van der Waals surface area contributed by atoms with E-state index in [1.165, 1.54) is 17.5 Å². The molecule has 0 aromatic heterocycles. The highest BCUT2D eigenvalue weighted by Gasteiger charge is 2.38. The maximum absolute atomic E-state index is 13.8. The highest BCUT2D eigenvalue weighted by Crippen LogP contribution is 2.42. The molecule has 45 heavy (non-hydrogen) atoms. The van der Waals surface area contributed by atoms with E-state index in [-0.39, 0.29) is 24.3 Å². The summed E-state index contributed by atoms with van der Waals surface area (Å²) in [5, 5.41) is 19.3. The van der Waals surface area contributed by atoms with Crippen molar-refractivity contribution in [3.63, 3.8) is 0 Å². The Balaban J connectivity index is 1.36. The summed E-state index contributed by atoms with van der Waals surface area (Å²) in [5.74, 6) is -0.362. The van der Waals surface area contributed by atoms with E-state index in [4.69, 9.17) is 16.3 Å². The van der Waals surface area contributed by atoms with Gasteiger partial charge in [-0.1, -0.05) is 87.9 Å². The van der Waals surface area contributed by atoms with Crippen molar-refractivity contribution in [1.82, 2.24) is 16.0 Å². The summed E-state index contributed by atoms with van der Waals surface area (Å²) in [7, 11) is 0. The van der Waals surface area contributed by atoms with E-state index >= 15 is 0 Å². The number of carbonyl (C=O) groups excluding carboxylic acids is 3. The van der Waals surface area contributed by atoms with Gasteiger partial charge in [-0.2, -0.15) is 0 Å². The number of aliphatic hydroxyl groups is 1. The molecule has 1 aliphatic heterocycles. The van der Waals surface area contributed by atoms with Crippen molar-refractivity contribution in [2.24, 2.45) is 11.8 Å². The monoisotopic (exact) mass is 637 g/mol. The van der Waals surface area contributed by atoms with Crippen LogP contribution in [0.25, 0.3) is 0 Å². The lowest BCUT2D eigenvalue weighted by atomic mass is 9.76. The zero-order valence-electron chi connectivity index (χ0n) is 26.6. The van der Waals surface area contributed by atoms with Gasteiger partial charge in [-0.3, -0.25) is 9.59 Å². The van der Waals surface area contributed by atoms with Crippen LogP contribution in [-0.4, -0.2) is 48.2 Å². The normalized spacial score (nSPS) is 20.5. The number of carbonyl (C=O) groups is 3. The highest BCUT2D eigenvalue weighted by atomic mass is 35.5. The molecule has 244 valence electrons. The average Bonchev–Trinajstić information content (AvgIpc) is 3.67. The lowest BCUT2D eigenvalue weighted by molar-refractivity contribution is -0.126. The molecule has 2 aliphatic carbocycles. The quantitative estimate of drug-likeness (QED) is 0.231. The Morgan fingerprint density at radius 3 is 2.49 bits per heavy atom. The van der Waals surface area contributed by atoms with Crippen LogP contribution < -0.4 is 16.0 Å². The fourth-order valence-corrected chi connectivity index (χ4v) is 7.58. The van der Waals surface area contributed by atoms with E-state index in [0.29, 0.717) is 36.7 Å². The third-order valence-electron chi connectivity index (χ3n) is 10.1. The molecule has 2 fully saturated rings. The van der Waals surface area contributed by atoms with Crippen molar-refractivity contribution in [1.29, 1.82) is 0 Å². The number of hydrogen-bond acceptors (Lipinski definition) is 5. The third kappa shape index (κ3) is 8.39. The molecule has 1 saturated heterocycles. The molecule has 0 radical (unpaired) electrons. The molecule has 5 rings (SSSR count). The van der Waals surface area contributed by atoms with E-state index in [1.54, 1.807) is 0 Å². The van der Waals surface area contributed by atoms with Crippen LogP contribution in [0.15, 0.2) is 42.5 Å². The van der Waals surface area contributed by atoms with Gasteiger partial charge in [-0.15, -0.1) is 0 Å². The number of hydrogen-bond donors (Lipinski definition) is 4. The predicted octanol–water partition coefficient (Wildman–Crippen LogP) is 5.92. The summed E-state index contributed by atoms with van der Waals surface area (Å²) >= 11 is 6.39. The molecule has 3 amide bonds. The van der Waals surface area contributed by atoms with Crippen LogP contribution >= 0.6 is 11.6 Å². The van der Waals surface area contributed by atoms with Gasteiger partial charge in [0.2, 0.25) is 11.8 Å². The summed E-state index contributed by atoms with van der Waals surface area (Å²) in [5.41, 5.74) is 3.81. The second-order valence-corrected chi connectivity index (χ2v) is 14.2. The zero-order valence-corrected chi connectivity index (χ0v) is 27.3. The van der Waals surface area contributed by atoms with E-state index in [1.807, 2.05) is 44.2 Å². The van der Waals surface area contributed by atoms with E-state index < -0.39 is 29.7 Å². The van der Waals surface area contributed by atoms with Crippen LogP contribution in [0, 0.1) is 11.8 Å². The summed E-state index contributed by atoms with van der Waals surface area (Å²) in [4.78, 5) is 39.7. The fourth-order valence-electron chi connectivity index (χ4n) is 7.39. The van der Waals surface area contributed by atoms with Crippen molar-refractivity contribution in [3.05, 3.63) is 69.7 Å². The number of fused-ring (bicyclic) bond motifs is 1. The summed E-state index contributed by atoms with van der Waals surface area (Å²) < 4.78 is 6.30. The number of benzene rings is 2. The molecule has 3 aliphatic rings. The van der Waals surface area contributed by atoms with Crippen LogP contribution in [0.1, 0.15) is 100.0 Å². The van der Waals surface area contributed by atoms with Gasteiger partial charge in [0.05, 0.1) is 12.6 Å². The van der Waals surface area contributed by atoms with Crippen molar-refractivity contribution in [3.8, 4) is 0 Å². The minimum Gasteiger partial charge on any atom is -0.440 e. The van der Waals surface area contributed by atoms with Gasteiger partial charge in [-0.25, -0.2) is 4.79 Å². The molecule has 9 heteroatoms. The second-order valence-electron chi connectivity index (χ2n) is 13.7. The first kappa shape index (κ1) is 33.3. The number of amides is 3. The number of halogens is 1. The summed E-state index contributed by atoms with van der Waals surface area (Å²) in [6.07, 6.45) is 8.77. The molecular weight excluding hydrogens is 590 g/mol. The van der Waals surface area contributed by atoms with E-state index in [9.17, 15) is 19.5 Å². The molecule has 0 bridgehead atoms. The first-order chi connectivity index (χ1) is 21.6. The Morgan fingerprint density at radius 2 is 1.78 bits per heavy atom. The Bertz CT molecular complexity index is 1360. The number of aliphatic hydroxyl groups excluding tert-OH is 1. The first-order valence-electron chi connectivity index (χ1n) is 16.7. The molecular formula is C36H48ClN3O5. The number of alkyl carbamates (subject to hydrolysis) is 1. The molecule has 4 N–H and O–H groups in total. The van der Waals surface area contributed by atoms with E-state index in [2.05, 4.69) is 28.1 Å². The minimum atomic E-state index is -0.831. The number of nitrogens with one attached hydrogen (secondary N) is 3. The van der Waals surface area contributed by atoms with Gasteiger partial charge in [0, 0.05) is 22.9 Å². The first-order valence-corrected chi connectivity index (χ1v) is 17.1. The molecule has 1 heterocycles. The van der Waals surface area contributed by atoms with Crippen LogP contribution in [0.3, 0.4) is 0 Å². The minimum absolute atomic E-state index is 0.0527. The molecule has 4 atom stereocenters. The van der Waals surface area contributed by atoms with Crippen molar-refractivity contribution < 1.29 is 24.2 Å². The third-order valence-corrected chi connectivity index (χ3v) is 10.3. The van der Waals surface area contributed by atoms with Crippen LogP contribution in [0.2, 0.25) is 5.02 Å². The molecule has 8 nitrogen and oxygen atoms in total. The van der Waals surface area contributed by atoms with Crippen molar-refractivity contribution in [2.75, 3.05) is 13.2 Å². The Hall–Kier alpha value is -3.10. The Kier molecular flexibility index (Phi) is 11.1. The molecule has 1 saturated carbocycles. The highest BCUT2D eigenvalue weighted by molar-refractivity contribution is 6.30. The molecule has 2 aromatic rings. The van der Waals surface area contributed by atoms with Gasteiger partial charge in [0.25, 0.3) is 0 Å². The standard InChI is InChI=1S/C36H48ClN3O5/c1-36(2,28-12-7-13-29(37)21-28)32(26-15-14-24-10-6-11-25(24)19-26)45-35(44)40-31(18-23-8-4-3-5-9-23)34(43)39-30(22-41)20-27-16-17-38-33(27)42/h7,12-15,19,21,23,27,30-32,41H,3-6,8-11,16-18,20,22H2,1-2H3,(H,38,42)(H,39,43)(H,40,44). The van der Waals surface area contributed by atoms with Crippen molar-refractivity contribution in [2.45, 2.75) is 108 Å². The maximum Gasteiger partial charge on any atom is 0.408 e. The maximum atomic E-state index is 13.8. The number of ether oxygens (including phenoxy) is 1. The lowest BCUT2D eigenvalue weighted by Gasteiger charge is -2.36. The Labute approximate surface area is 272 Å². The van der Waals surface area contributed by atoms with Crippen molar-refractivity contribution >= 4 is 29.5 Å². The summed E-state index contributed by atoms with van der Waals surface area (Å²) in [6, 6.07) is 12.5. The largest absolute Gasteiger partial charge is 0.440 e.